The summed E-state index contributed by atoms with van der Waals surface area (Å²) in [6, 6.07) is 14.4. The van der Waals surface area contributed by atoms with Gasteiger partial charge in [-0.25, -0.2) is 4.98 Å². The topological polar surface area (TPSA) is 61.0 Å². The SMILES string of the molecule is Cc1cc2nc(C3CCN(CC(=O)NCc4ccccc4)CC3)[nH]c2cc1C. The predicted octanol–water partition coefficient (Wildman–Crippen LogP) is 3.68. The minimum Gasteiger partial charge on any atom is -0.351 e. The molecule has 3 aromatic rings. The molecule has 28 heavy (non-hydrogen) atoms. The number of nitrogens with zero attached hydrogens (tertiary/aromatic N) is 2. The Kier molecular flexibility index (Phi) is 5.44. The third-order valence-electron chi connectivity index (χ3n) is 5.79. The highest BCUT2D eigenvalue weighted by Gasteiger charge is 2.24. The molecule has 0 bridgehead atoms. The highest BCUT2D eigenvalue weighted by Crippen LogP contribution is 2.28. The number of benzene rings is 2. The van der Waals surface area contributed by atoms with Crippen LogP contribution in [0.3, 0.4) is 0 Å². The molecule has 2 aromatic carbocycles. The van der Waals surface area contributed by atoms with Gasteiger partial charge in [0, 0.05) is 12.5 Å². The number of fused-ring (bicyclic) bond motifs is 1. The van der Waals surface area contributed by atoms with Crippen LogP contribution in [0.15, 0.2) is 42.5 Å². The third kappa shape index (κ3) is 4.25. The first-order valence-electron chi connectivity index (χ1n) is 10.1. The summed E-state index contributed by atoms with van der Waals surface area (Å²) in [4.78, 5) is 22.8. The van der Waals surface area contributed by atoms with E-state index in [0.29, 0.717) is 19.0 Å². The van der Waals surface area contributed by atoms with E-state index in [1.807, 2.05) is 30.3 Å². The number of carbonyl (C=O) groups is 1. The van der Waals surface area contributed by atoms with Gasteiger partial charge in [0.1, 0.15) is 5.82 Å². The summed E-state index contributed by atoms with van der Waals surface area (Å²) in [7, 11) is 0. The third-order valence-corrected chi connectivity index (χ3v) is 5.79. The van der Waals surface area contributed by atoms with Gasteiger partial charge in [-0.05, 0) is 68.6 Å². The molecule has 0 radical (unpaired) electrons. The molecule has 0 atom stereocenters. The summed E-state index contributed by atoms with van der Waals surface area (Å²) in [5.41, 5.74) is 5.88. The number of aromatic nitrogens is 2. The van der Waals surface area contributed by atoms with E-state index < -0.39 is 0 Å². The zero-order valence-corrected chi connectivity index (χ0v) is 16.7. The second-order valence-corrected chi connectivity index (χ2v) is 7.89. The molecule has 0 unspecified atom stereocenters. The smallest absolute Gasteiger partial charge is 0.234 e. The standard InChI is InChI=1S/C23H28N4O/c1-16-12-20-21(13-17(16)2)26-23(25-20)19-8-10-27(11-9-19)15-22(28)24-14-18-6-4-3-5-7-18/h3-7,12-13,19H,8-11,14-15H2,1-2H3,(H,24,28)(H,25,26). The van der Waals surface area contributed by atoms with Gasteiger partial charge in [-0.2, -0.15) is 0 Å². The maximum atomic E-state index is 12.2. The van der Waals surface area contributed by atoms with Crippen LogP contribution in [0.25, 0.3) is 11.0 Å². The van der Waals surface area contributed by atoms with Crippen LogP contribution in [0.1, 0.15) is 41.3 Å². The van der Waals surface area contributed by atoms with Crippen LogP contribution in [0, 0.1) is 13.8 Å². The Hall–Kier alpha value is -2.66. The molecule has 1 amide bonds. The maximum Gasteiger partial charge on any atom is 0.234 e. The van der Waals surface area contributed by atoms with Crippen LogP contribution in [0.4, 0.5) is 0 Å². The number of H-pyrrole nitrogens is 1. The van der Waals surface area contributed by atoms with E-state index in [2.05, 4.69) is 41.2 Å². The van der Waals surface area contributed by atoms with Gasteiger partial charge in [0.05, 0.1) is 17.6 Å². The first-order valence-corrected chi connectivity index (χ1v) is 10.1. The molecule has 1 aliphatic heterocycles. The van der Waals surface area contributed by atoms with Crippen LogP contribution in [-0.2, 0) is 11.3 Å². The zero-order chi connectivity index (χ0) is 19.5. The fourth-order valence-electron chi connectivity index (χ4n) is 3.90. The molecule has 146 valence electrons. The molecular weight excluding hydrogens is 348 g/mol. The molecule has 0 spiro atoms. The number of hydrogen-bond donors (Lipinski definition) is 2. The number of aryl methyl sites for hydroxylation is 2. The van der Waals surface area contributed by atoms with Crippen molar-refractivity contribution >= 4 is 16.9 Å². The van der Waals surface area contributed by atoms with Gasteiger partial charge in [0.2, 0.25) is 5.91 Å². The second kappa shape index (κ2) is 8.15. The minimum atomic E-state index is 0.0944. The molecule has 0 saturated carbocycles. The van der Waals surface area contributed by atoms with Crippen LogP contribution in [-0.4, -0.2) is 40.4 Å². The van der Waals surface area contributed by atoms with Gasteiger partial charge in [0.15, 0.2) is 0 Å². The van der Waals surface area contributed by atoms with Crippen molar-refractivity contribution in [1.82, 2.24) is 20.2 Å². The van der Waals surface area contributed by atoms with Crippen molar-refractivity contribution < 1.29 is 4.79 Å². The maximum absolute atomic E-state index is 12.2. The zero-order valence-electron chi connectivity index (χ0n) is 16.7. The fourth-order valence-corrected chi connectivity index (χ4v) is 3.90. The normalized spacial score (nSPS) is 15.8. The lowest BCUT2D eigenvalue weighted by Crippen LogP contribution is -2.41. The number of nitrogens with one attached hydrogen (secondary N) is 2. The van der Waals surface area contributed by atoms with E-state index in [1.165, 1.54) is 11.1 Å². The second-order valence-electron chi connectivity index (χ2n) is 7.89. The van der Waals surface area contributed by atoms with E-state index in [4.69, 9.17) is 4.98 Å². The van der Waals surface area contributed by atoms with Gasteiger partial charge in [-0.1, -0.05) is 30.3 Å². The molecule has 4 rings (SSSR count). The van der Waals surface area contributed by atoms with Crippen LogP contribution < -0.4 is 5.32 Å². The Morgan fingerprint density at radius 1 is 1.14 bits per heavy atom. The molecule has 2 heterocycles. The van der Waals surface area contributed by atoms with Crippen molar-refractivity contribution in [2.45, 2.75) is 39.2 Å². The van der Waals surface area contributed by atoms with Crippen molar-refractivity contribution in [2.24, 2.45) is 0 Å². The van der Waals surface area contributed by atoms with E-state index in [1.54, 1.807) is 0 Å². The number of carbonyl (C=O) groups excluding carboxylic acids is 1. The monoisotopic (exact) mass is 376 g/mol. The summed E-state index contributed by atoms with van der Waals surface area (Å²) >= 11 is 0. The molecular formula is C23H28N4O. The summed E-state index contributed by atoms with van der Waals surface area (Å²) in [5, 5.41) is 3.02. The minimum absolute atomic E-state index is 0.0944. The molecule has 2 N–H and O–H groups in total. The Morgan fingerprint density at radius 2 is 1.86 bits per heavy atom. The Balaban J connectivity index is 1.29. The highest BCUT2D eigenvalue weighted by atomic mass is 16.2. The Morgan fingerprint density at radius 3 is 2.61 bits per heavy atom. The van der Waals surface area contributed by atoms with Crippen molar-refractivity contribution in [3.8, 4) is 0 Å². The summed E-state index contributed by atoms with van der Waals surface area (Å²) in [6.07, 6.45) is 2.06. The number of imidazole rings is 1. The lowest BCUT2D eigenvalue weighted by Gasteiger charge is -2.30. The first kappa shape index (κ1) is 18.7. The molecule has 0 aliphatic carbocycles. The molecule has 5 heteroatoms. The van der Waals surface area contributed by atoms with Gasteiger partial charge in [0.25, 0.3) is 0 Å². The molecule has 5 nitrogen and oxygen atoms in total. The number of amides is 1. The van der Waals surface area contributed by atoms with E-state index in [9.17, 15) is 4.79 Å². The number of rotatable bonds is 5. The van der Waals surface area contributed by atoms with Gasteiger partial charge in [-0.3, -0.25) is 9.69 Å². The Labute approximate surface area is 166 Å². The van der Waals surface area contributed by atoms with Crippen molar-refractivity contribution in [3.05, 3.63) is 65.0 Å². The number of piperidine rings is 1. The van der Waals surface area contributed by atoms with Gasteiger partial charge >= 0.3 is 0 Å². The van der Waals surface area contributed by atoms with Gasteiger partial charge < -0.3 is 10.3 Å². The lowest BCUT2D eigenvalue weighted by atomic mass is 9.96. The quantitative estimate of drug-likeness (QED) is 0.714. The molecule has 1 aromatic heterocycles. The van der Waals surface area contributed by atoms with Crippen molar-refractivity contribution in [2.75, 3.05) is 19.6 Å². The fraction of sp³-hybridized carbons (Fsp3) is 0.391. The summed E-state index contributed by atoms with van der Waals surface area (Å²) in [6.45, 7) is 7.18. The average molecular weight is 377 g/mol. The molecule has 1 aliphatic rings. The van der Waals surface area contributed by atoms with E-state index in [-0.39, 0.29) is 5.91 Å². The van der Waals surface area contributed by atoms with Crippen LogP contribution in [0.2, 0.25) is 0 Å². The number of aromatic amines is 1. The van der Waals surface area contributed by atoms with Gasteiger partial charge in [-0.15, -0.1) is 0 Å². The summed E-state index contributed by atoms with van der Waals surface area (Å²) in [5.74, 6) is 1.63. The predicted molar refractivity (Wildman–Crippen MR) is 112 cm³/mol. The molecule has 1 saturated heterocycles. The largest absolute Gasteiger partial charge is 0.351 e. The Bertz CT molecular complexity index is 916. The average Bonchev–Trinajstić information content (AvgIpc) is 3.11. The van der Waals surface area contributed by atoms with E-state index in [0.717, 1.165) is 48.4 Å². The van der Waals surface area contributed by atoms with Crippen molar-refractivity contribution in [3.63, 3.8) is 0 Å². The number of likely N-dealkylation sites (tertiary alicyclic amines) is 1. The highest BCUT2D eigenvalue weighted by molar-refractivity contribution is 5.78. The first-order chi connectivity index (χ1) is 13.6. The molecule has 1 fully saturated rings. The lowest BCUT2D eigenvalue weighted by molar-refractivity contribution is -0.122. The number of hydrogen-bond acceptors (Lipinski definition) is 3. The van der Waals surface area contributed by atoms with Crippen molar-refractivity contribution in [1.29, 1.82) is 0 Å². The van der Waals surface area contributed by atoms with E-state index >= 15 is 0 Å². The van der Waals surface area contributed by atoms with Crippen LogP contribution >= 0.6 is 0 Å². The van der Waals surface area contributed by atoms with Crippen LogP contribution in [0.5, 0.6) is 0 Å². The summed E-state index contributed by atoms with van der Waals surface area (Å²) < 4.78 is 0.